The Labute approximate surface area is 127 Å². The summed E-state index contributed by atoms with van der Waals surface area (Å²) in [5.41, 5.74) is 1.46. The van der Waals surface area contributed by atoms with Gasteiger partial charge in [0, 0.05) is 18.2 Å². The van der Waals surface area contributed by atoms with E-state index in [0.717, 1.165) is 18.2 Å². The first-order valence-electron chi connectivity index (χ1n) is 6.85. The molecule has 1 amide bonds. The second-order valence-electron chi connectivity index (χ2n) is 5.92. The summed E-state index contributed by atoms with van der Waals surface area (Å²) < 4.78 is 24.5. The molecule has 0 fully saturated rings. The highest BCUT2D eigenvalue weighted by molar-refractivity contribution is 7.92. The Balaban J connectivity index is 3.16. The molecule has 0 aromatic heterocycles. The predicted molar refractivity (Wildman–Crippen MR) is 86.3 cm³/mol. The number of nitrogens with zero attached hydrogens (tertiary/aromatic N) is 1. The molecular weight excluding hydrogens is 288 g/mol. The van der Waals surface area contributed by atoms with Crippen molar-refractivity contribution in [3.8, 4) is 0 Å². The number of aryl methyl sites for hydroxylation is 1. The lowest BCUT2D eigenvalue weighted by Gasteiger charge is -2.25. The first-order chi connectivity index (χ1) is 9.48. The maximum absolute atomic E-state index is 12.3. The van der Waals surface area contributed by atoms with Crippen molar-refractivity contribution >= 4 is 21.6 Å². The monoisotopic (exact) mass is 312 g/mol. The molecule has 0 aliphatic carbocycles. The number of benzene rings is 1. The van der Waals surface area contributed by atoms with Crippen molar-refractivity contribution in [2.75, 3.05) is 17.6 Å². The van der Waals surface area contributed by atoms with E-state index in [1.54, 1.807) is 18.2 Å². The molecule has 0 unspecified atom stereocenters. The van der Waals surface area contributed by atoms with Crippen molar-refractivity contribution < 1.29 is 13.2 Å². The minimum atomic E-state index is -3.36. The Morgan fingerprint density at radius 3 is 2.38 bits per heavy atom. The lowest BCUT2D eigenvalue weighted by atomic mass is 10.0. The fraction of sp³-hybridized carbons (Fsp3) is 0.533. The highest BCUT2D eigenvalue weighted by atomic mass is 32.2. The molecule has 6 heteroatoms. The quantitative estimate of drug-likeness (QED) is 0.907. The first-order valence-corrected chi connectivity index (χ1v) is 8.70. The van der Waals surface area contributed by atoms with E-state index < -0.39 is 10.0 Å². The van der Waals surface area contributed by atoms with Gasteiger partial charge in [0.05, 0.1) is 11.9 Å². The average Bonchev–Trinajstić information content (AvgIpc) is 2.36. The standard InChI is InChI=1S/C15H24N2O3S/c1-7-15(3,4)16-14(18)12-9-8-11(2)13(10-12)17(5)21(6,19)20/h8-10H,7H2,1-6H3,(H,16,18). The van der Waals surface area contributed by atoms with Crippen LogP contribution < -0.4 is 9.62 Å². The smallest absolute Gasteiger partial charge is 0.251 e. The van der Waals surface area contributed by atoms with E-state index in [4.69, 9.17) is 0 Å². The second kappa shape index (κ2) is 6.05. The minimum Gasteiger partial charge on any atom is -0.347 e. The molecule has 0 saturated heterocycles. The number of carbonyl (C=O) groups excluding carboxylic acids is 1. The third kappa shape index (κ3) is 4.46. The van der Waals surface area contributed by atoms with Crippen molar-refractivity contribution in [2.45, 2.75) is 39.7 Å². The molecule has 5 nitrogen and oxygen atoms in total. The zero-order chi connectivity index (χ0) is 16.4. The zero-order valence-electron chi connectivity index (χ0n) is 13.5. The molecule has 118 valence electrons. The van der Waals surface area contributed by atoms with Crippen LogP contribution in [0.1, 0.15) is 43.1 Å². The van der Waals surface area contributed by atoms with Crippen molar-refractivity contribution in [1.29, 1.82) is 0 Å². The third-order valence-corrected chi connectivity index (χ3v) is 4.84. The van der Waals surface area contributed by atoms with Crippen molar-refractivity contribution in [3.63, 3.8) is 0 Å². The van der Waals surface area contributed by atoms with Gasteiger partial charge in [-0.05, 0) is 44.9 Å². The first kappa shape index (κ1) is 17.5. The second-order valence-corrected chi connectivity index (χ2v) is 7.94. The van der Waals surface area contributed by atoms with Crippen LogP contribution in [0.2, 0.25) is 0 Å². The van der Waals surface area contributed by atoms with E-state index in [2.05, 4.69) is 5.32 Å². The average molecular weight is 312 g/mol. The molecule has 0 aliphatic rings. The summed E-state index contributed by atoms with van der Waals surface area (Å²) >= 11 is 0. The van der Waals surface area contributed by atoms with Crippen molar-refractivity contribution in [2.24, 2.45) is 0 Å². The van der Waals surface area contributed by atoms with Crippen LogP contribution in [0.4, 0.5) is 5.69 Å². The number of amides is 1. The lowest BCUT2D eigenvalue weighted by molar-refractivity contribution is 0.0911. The molecule has 0 saturated carbocycles. The highest BCUT2D eigenvalue weighted by Crippen LogP contribution is 2.23. The van der Waals surface area contributed by atoms with E-state index in [1.165, 1.54) is 11.4 Å². The van der Waals surface area contributed by atoms with E-state index in [-0.39, 0.29) is 11.4 Å². The van der Waals surface area contributed by atoms with Gasteiger partial charge in [0.25, 0.3) is 5.91 Å². The van der Waals surface area contributed by atoms with Gasteiger partial charge in [0.15, 0.2) is 0 Å². The SMILES string of the molecule is CCC(C)(C)NC(=O)c1ccc(C)c(N(C)S(C)(=O)=O)c1. The largest absolute Gasteiger partial charge is 0.347 e. The van der Waals surface area contributed by atoms with Crippen molar-refractivity contribution in [1.82, 2.24) is 5.32 Å². The van der Waals surface area contributed by atoms with Gasteiger partial charge in [-0.3, -0.25) is 9.10 Å². The molecule has 1 N–H and O–H groups in total. The Morgan fingerprint density at radius 2 is 1.90 bits per heavy atom. The third-order valence-electron chi connectivity index (χ3n) is 3.64. The van der Waals surface area contributed by atoms with Gasteiger partial charge >= 0.3 is 0 Å². The van der Waals surface area contributed by atoms with E-state index in [0.29, 0.717) is 11.3 Å². The molecule has 0 heterocycles. The maximum Gasteiger partial charge on any atom is 0.251 e. The van der Waals surface area contributed by atoms with Crippen LogP contribution in [0.25, 0.3) is 0 Å². The van der Waals surface area contributed by atoms with Crippen LogP contribution in [0, 0.1) is 6.92 Å². The number of rotatable bonds is 5. The van der Waals surface area contributed by atoms with Crippen molar-refractivity contribution in [3.05, 3.63) is 29.3 Å². The minimum absolute atomic E-state index is 0.204. The Morgan fingerprint density at radius 1 is 1.33 bits per heavy atom. The van der Waals surface area contributed by atoms with Gasteiger partial charge in [-0.1, -0.05) is 13.0 Å². The number of hydrogen-bond acceptors (Lipinski definition) is 3. The number of carbonyl (C=O) groups is 1. The number of sulfonamides is 1. The predicted octanol–water partition coefficient (Wildman–Crippen LogP) is 2.31. The molecule has 0 spiro atoms. The summed E-state index contributed by atoms with van der Waals surface area (Å²) in [6.45, 7) is 7.71. The zero-order valence-corrected chi connectivity index (χ0v) is 14.3. The van der Waals surface area contributed by atoms with Gasteiger partial charge in [-0.2, -0.15) is 0 Å². The fourth-order valence-corrected chi connectivity index (χ4v) is 2.29. The molecule has 0 radical (unpaired) electrons. The van der Waals surface area contributed by atoms with Crippen LogP contribution in [0.3, 0.4) is 0 Å². The number of anilines is 1. The van der Waals surface area contributed by atoms with Gasteiger partial charge in [0.2, 0.25) is 10.0 Å². The Kier molecular flexibility index (Phi) is 5.04. The summed E-state index contributed by atoms with van der Waals surface area (Å²) in [5.74, 6) is -0.204. The molecule has 0 bridgehead atoms. The number of nitrogens with one attached hydrogen (secondary N) is 1. The Bertz CT molecular complexity index is 636. The lowest BCUT2D eigenvalue weighted by Crippen LogP contribution is -2.42. The summed E-state index contributed by atoms with van der Waals surface area (Å²) in [5, 5.41) is 2.94. The summed E-state index contributed by atoms with van der Waals surface area (Å²) in [6, 6.07) is 5.07. The molecule has 1 aromatic rings. The van der Waals surface area contributed by atoms with Crippen LogP contribution in [-0.2, 0) is 10.0 Å². The molecule has 1 aromatic carbocycles. The maximum atomic E-state index is 12.3. The molecule has 0 atom stereocenters. The normalized spacial score (nSPS) is 12.1. The molecule has 1 rings (SSSR count). The Hall–Kier alpha value is -1.56. The summed E-state index contributed by atoms with van der Waals surface area (Å²) in [7, 11) is -1.88. The van der Waals surface area contributed by atoms with Gasteiger partial charge in [-0.25, -0.2) is 8.42 Å². The summed E-state index contributed by atoms with van der Waals surface area (Å²) in [4.78, 5) is 12.3. The van der Waals surface area contributed by atoms with Crippen LogP contribution in [0.5, 0.6) is 0 Å². The molecular formula is C15H24N2O3S. The fourth-order valence-electron chi connectivity index (χ4n) is 1.74. The van der Waals surface area contributed by atoms with E-state index in [9.17, 15) is 13.2 Å². The molecule has 0 aliphatic heterocycles. The topological polar surface area (TPSA) is 66.5 Å². The van der Waals surface area contributed by atoms with Crippen LogP contribution in [-0.4, -0.2) is 33.2 Å². The van der Waals surface area contributed by atoms with Gasteiger partial charge < -0.3 is 5.32 Å². The number of hydrogen-bond donors (Lipinski definition) is 1. The van der Waals surface area contributed by atoms with Crippen LogP contribution in [0.15, 0.2) is 18.2 Å². The molecule has 21 heavy (non-hydrogen) atoms. The van der Waals surface area contributed by atoms with E-state index in [1.807, 2.05) is 27.7 Å². The summed E-state index contributed by atoms with van der Waals surface area (Å²) in [6.07, 6.45) is 1.94. The van der Waals surface area contributed by atoms with Gasteiger partial charge in [0.1, 0.15) is 0 Å². The highest BCUT2D eigenvalue weighted by Gasteiger charge is 2.21. The van der Waals surface area contributed by atoms with Crippen LogP contribution >= 0.6 is 0 Å². The van der Waals surface area contributed by atoms with E-state index >= 15 is 0 Å². The van der Waals surface area contributed by atoms with Gasteiger partial charge in [-0.15, -0.1) is 0 Å².